The first-order valence-corrected chi connectivity index (χ1v) is 10.5. The van der Waals surface area contributed by atoms with Crippen LogP contribution in [0.4, 0.5) is 5.69 Å². The Labute approximate surface area is 181 Å². The van der Waals surface area contributed by atoms with Crippen molar-refractivity contribution in [2.24, 2.45) is 0 Å². The number of rotatable bonds is 6. The summed E-state index contributed by atoms with van der Waals surface area (Å²) < 4.78 is 0. The van der Waals surface area contributed by atoms with Crippen molar-refractivity contribution >= 4 is 29.3 Å². The summed E-state index contributed by atoms with van der Waals surface area (Å²) in [4.78, 5) is 32.4. The fourth-order valence-electron chi connectivity index (χ4n) is 3.28. The van der Waals surface area contributed by atoms with Gasteiger partial charge in [0.2, 0.25) is 5.91 Å². The lowest BCUT2D eigenvalue weighted by Crippen LogP contribution is -2.35. The van der Waals surface area contributed by atoms with Gasteiger partial charge in [0.05, 0.1) is 12.1 Å². The molecule has 2 aromatic carbocycles. The van der Waals surface area contributed by atoms with Gasteiger partial charge in [0.15, 0.2) is 0 Å². The zero-order valence-electron chi connectivity index (χ0n) is 17.6. The number of aromatic nitrogens is 1. The number of benzene rings is 2. The lowest BCUT2D eigenvalue weighted by atomic mass is 10.1. The van der Waals surface area contributed by atoms with Crippen LogP contribution in [0, 0.1) is 20.8 Å². The highest BCUT2D eigenvalue weighted by atomic mass is 32.2. The smallest absolute Gasteiger partial charge is 0.256 e. The fourth-order valence-corrected chi connectivity index (χ4v) is 4.18. The van der Waals surface area contributed by atoms with Gasteiger partial charge in [0.1, 0.15) is 5.03 Å². The number of pyridine rings is 1. The van der Waals surface area contributed by atoms with E-state index in [0.29, 0.717) is 10.6 Å². The molecule has 0 fully saturated rings. The van der Waals surface area contributed by atoms with Gasteiger partial charge in [0, 0.05) is 23.8 Å². The van der Waals surface area contributed by atoms with Gasteiger partial charge in [-0.15, -0.1) is 0 Å². The van der Waals surface area contributed by atoms with Crippen molar-refractivity contribution in [2.75, 3.05) is 18.9 Å². The minimum Gasteiger partial charge on any atom is -0.332 e. The van der Waals surface area contributed by atoms with Crippen molar-refractivity contribution < 1.29 is 9.59 Å². The Hall–Kier alpha value is -3.12. The summed E-state index contributed by atoms with van der Waals surface area (Å²) in [6.45, 7) is 5.91. The molecule has 0 aliphatic rings. The SMILES string of the molecule is Cc1cc(C)c(NC(=O)CN(C)C(=O)c2cccnc2Sc2ccccc2)c(C)c1. The van der Waals surface area contributed by atoms with Gasteiger partial charge in [-0.1, -0.05) is 47.7 Å². The fraction of sp³-hybridized carbons (Fsp3) is 0.208. The van der Waals surface area contributed by atoms with Crippen molar-refractivity contribution in [1.29, 1.82) is 0 Å². The molecule has 0 bridgehead atoms. The highest BCUT2D eigenvalue weighted by Crippen LogP contribution is 2.29. The summed E-state index contributed by atoms with van der Waals surface area (Å²) in [5.41, 5.74) is 4.43. The van der Waals surface area contributed by atoms with E-state index >= 15 is 0 Å². The Kier molecular flexibility index (Phi) is 6.90. The average Bonchev–Trinajstić information content (AvgIpc) is 2.71. The Morgan fingerprint density at radius 3 is 2.33 bits per heavy atom. The number of carbonyl (C=O) groups excluding carboxylic acids is 2. The Morgan fingerprint density at radius 1 is 1.00 bits per heavy atom. The second-order valence-corrected chi connectivity index (χ2v) is 8.32. The zero-order valence-corrected chi connectivity index (χ0v) is 18.4. The van der Waals surface area contributed by atoms with Crippen molar-refractivity contribution in [3.63, 3.8) is 0 Å². The summed E-state index contributed by atoms with van der Waals surface area (Å²) in [6, 6.07) is 17.3. The molecule has 154 valence electrons. The number of hydrogen-bond acceptors (Lipinski definition) is 4. The topological polar surface area (TPSA) is 62.3 Å². The predicted octanol–water partition coefficient (Wildman–Crippen LogP) is 4.87. The van der Waals surface area contributed by atoms with E-state index in [-0.39, 0.29) is 18.4 Å². The van der Waals surface area contributed by atoms with Gasteiger partial charge in [-0.2, -0.15) is 0 Å². The molecule has 0 aliphatic carbocycles. The molecule has 0 saturated carbocycles. The molecule has 1 aromatic heterocycles. The lowest BCUT2D eigenvalue weighted by Gasteiger charge is -2.19. The molecular formula is C24H25N3O2S. The van der Waals surface area contributed by atoms with E-state index in [1.807, 2.05) is 63.2 Å². The minimum absolute atomic E-state index is 0.0457. The minimum atomic E-state index is -0.242. The van der Waals surface area contributed by atoms with E-state index in [9.17, 15) is 9.59 Å². The summed E-state index contributed by atoms with van der Waals surface area (Å²) in [5, 5.41) is 3.56. The molecule has 0 aliphatic heterocycles. The second-order valence-electron chi connectivity index (χ2n) is 7.25. The van der Waals surface area contributed by atoms with E-state index in [1.165, 1.54) is 16.7 Å². The number of nitrogens with zero attached hydrogens (tertiary/aromatic N) is 2. The van der Waals surface area contributed by atoms with E-state index in [0.717, 1.165) is 27.3 Å². The first kappa shape index (κ1) is 21.6. The van der Waals surface area contributed by atoms with Gasteiger partial charge in [-0.05, 0) is 56.2 Å². The monoisotopic (exact) mass is 419 g/mol. The quantitative estimate of drug-likeness (QED) is 0.619. The number of nitrogens with one attached hydrogen (secondary N) is 1. The van der Waals surface area contributed by atoms with Crippen LogP contribution < -0.4 is 5.32 Å². The third kappa shape index (κ3) is 5.27. The number of anilines is 1. The highest BCUT2D eigenvalue weighted by Gasteiger charge is 2.20. The molecule has 5 nitrogen and oxygen atoms in total. The summed E-state index contributed by atoms with van der Waals surface area (Å²) in [6.07, 6.45) is 1.66. The molecular weight excluding hydrogens is 394 g/mol. The van der Waals surface area contributed by atoms with E-state index in [4.69, 9.17) is 0 Å². The molecule has 1 heterocycles. The van der Waals surface area contributed by atoms with Crippen molar-refractivity contribution in [3.05, 3.63) is 83.0 Å². The first-order chi connectivity index (χ1) is 14.3. The van der Waals surface area contributed by atoms with E-state index in [1.54, 1.807) is 25.4 Å². The molecule has 0 saturated heterocycles. The van der Waals surface area contributed by atoms with Crippen molar-refractivity contribution in [3.8, 4) is 0 Å². The number of carbonyl (C=O) groups is 2. The van der Waals surface area contributed by atoms with Gasteiger partial charge < -0.3 is 10.2 Å². The van der Waals surface area contributed by atoms with Crippen LogP contribution in [0.25, 0.3) is 0 Å². The summed E-state index contributed by atoms with van der Waals surface area (Å²) in [5.74, 6) is -0.476. The van der Waals surface area contributed by atoms with Gasteiger partial charge in [-0.3, -0.25) is 9.59 Å². The maximum atomic E-state index is 13.0. The van der Waals surface area contributed by atoms with Crippen LogP contribution in [-0.2, 0) is 4.79 Å². The molecule has 3 rings (SSSR count). The molecule has 6 heteroatoms. The Bertz CT molecular complexity index is 1040. The molecule has 0 radical (unpaired) electrons. The van der Waals surface area contributed by atoms with Crippen LogP contribution in [0.15, 0.2) is 70.7 Å². The first-order valence-electron chi connectivity index (χ1n) is 9.66. The van der Waals surface area contributed by atoms with Crippen molar-refractivity contribution in [2.45, 2.75) is 30.7 Å². The van der Waals surface area contributed by atoms with Gasteiger partial charge in [-0.25, -0.2) is 4.98 Å². The number of hydrogen-bond donors (Lipinski definition) is 1. The number of aryl methyl sites for hydroxylation is 3. The largest absolute Gasteiger partial charge is 0.332 e. The van der Waals surface area contributed by atoms with Gasteiger partial charge in [0.25, 0.3) is 5.91 Å². The third-order valence-corrected chi connectivity index (χ3v) is 5.65. The Morgan fingerprint density at radius 2 is 1.67 bits per heavy atom. The average molecular weight is 420 g/mol. The van der Waals surface area contributed by atoms with Crippen LogP contribution in [0.3, 0.4) is 0 Å². The molecule has 0 unspecified atom stereocenters. The van der Waals surface area contributed by atoms with Crippen LogP contribution in [-0.4, -0.2) is 35.3 Å². The molecule has 3 aromatic rings. The van der Waals surface area contributed by atoms with Crippen LogP contribution in [0.2, 0.25) is 0 Å². The highest BCUT2D eigenvalue weighted by molar-refractivity contribution is 7.99. The normalized spacial score (nSPS) is 10.5. The van der Waals surface area contributed by atoms with Gasteiger partial charge >= 0.3 is 0 Å². The maximum absolute atomic E-state index is 13.0. The van der Waals surface area contributed by atoms with Crippen LogP contribution in [0.5, 0.6) is 0 Å². The van der Waals surface area contributed by atoms with E-state index in [2.05, 4.69) is 10.3 Å². The molecule has 0 spiro atoms. The Balaban J connectivity index is 1.71. The maximum Gasteiger partial charge on any atom is 0.256 e. The molecule has 2 amide bonds. The van der Waals surface area contributed by atoms with Crippen LogP contribution >= 0.6 is 11.8 Å². The molecule has 0 atom stereocenters. The van der Waals surface area contributed by atoms with E-state index < -0.39 is 0 Å². The third-order valence-electron chi connectivity index (χ3n) is 4.63. The van der Waals surface area contributed by atoms with Crippen LogP contribution in [0.1, 0.15) is 27.0 Å². The molecule has 30 heavy (non-hydrogen) atoms. The molecule has 1 N–H and O–H groups in total. The van der Waals surface area contributed by atoms with Crippen molar-refractivity contribution in [1.82, 2.24) is 9.88 Å². The standard InChI is InChI=1S/C24H25N3O2S/c1-16-13-17(2)22(18(3)14-16)26-21(28)15-27(4)24(29)20-11-8-12-25-23(20)30-19-9-6-5-7-10-19/h5-14H,15H2,1-4H3,(H,26,28). The lowest BCUT2D eigenvalue weighted by molar-refractivity contribution is -0.116. The number of amides is 2. The summed E-state index contributed by atoms with van der Waals surface area (Å²) >= 11 is 1.43. The second kappa shape index (κ2) is 9.59. The number of likely N-dealkylation sites (N-methyl/N-ethyl adjacent to an activating group) is 1. The summed E-state index contributed by atoms with van der Waals surface area (Å²) in [7, 11) is 1.63. The predicted molar refractivity (Wildman–Crippen MR) is 121 cm³/mol. The zero-order chi connectivity index (χ0) is 21.7.